The first-order chi connectivity index (χ1) is 43.7. The summed E-state index contributed by atoms with van der Waals surface area (Å²) >= 11 is 0. The van der Waals surface area contributed by atoms with Crippen LogP contribution in [0.4, 0.5) is 0 Å². The zero-order valence-electron chi connectivity index (χ0n) is 59.3. The van der Waals surface area contributed by atoms with Gasteiger partial charge in [-0.2, -0.15) is 0 Å². The van der Waals surface area contributed by atoms with Gasteiger partial charge in [-0.25, -0.2) is 9.13 Å². The van der Waals surface area contributed by atoms with Crippen LogP contribution in [-0.2, 0) is 65.4 Å². The van der Waals surface area contributed by atoms with Crippen LogP contribution >= 0.6 is 15.6 Å². The van der Waals surface area contributed by atoms with Crippen molar-refractivity contribution < 1.29 is 80.2 Å². The highest BCUT2D eigenvalue weighted by Gasteiger charge is 2.30. The quantitative estimate of drug-likeness (QED) is 0.0222. The summed E-state index contributed by atoms with van der Waals surface area (Å²) in [6, 6.07) is 0. The number of aliphatic hydroxyl groups excluding tert-OH is 1. The highest BCUT2D eigenvalue weighted by Crippen LogP contribution is 2.45. The summed E-state index contributed by atoms with van der Waals surface area (Å²) in [5, 5.41) is 10.6. The van der Waals surface area contributed by atoms with Gasteiger partial charge in [-0.3, -0.25) is 37.3 Å². The molecule has 0 aromatic rings. The Balaban J connectivity index is 5.18. The van der Waals surface area contributed by atoms with Crippen molar-refractivity contribution >= 4 is 39.5 Å². The molecule has 0 rings (SSSR count). The van der Waals surface area contributed by atoms with E-state index in [9.17, 15) is 43.2 Å². The third-order valence-corrected chi connectivity index (χ3v) is 18.5. The van der Waals surface area contributed by atoms with Gasteiger partial charge >= 0.3 is 39.5 Å². The van der Waals surface area contributed by atoms with E-state index < -0.39 is 97.5 Å². The molecule has 0 heterocycles. The summed E-state index contributed by atoms with van der Waals surface area (Å²) in [6.45, 7) is 11.7. The lowest BCUT2D eigenvalue weighted by Gasteiger charge is -2.21. The fourth-order valence-electron chi connectivity index (χ4n) is 10.9. The molecule has 0 aliphatic rings. The van der Waals surface area contributed by atoms with Gasteiger partial charge in [-0.1, -0.05) is 312 Å². The van der Waals surface area contributed by atoms with Gasteiger partial charge in [-0.15, -0.1) is 0 Å². The number of carbonyl (C=O) groups excluding carboxylic acids is 4. The van der Waals surface area contributed by atoms with Gasteiger partial charge in [0.25, 0.3) is 0 Å². The second-order valence-corrected chi connectivity index (χ2v) is 30.3. The minimum absolute atomic E-state index is 0.102. The van der Waals surface area contributed by atoms with Crippen molar-refractivity contribution in [3.05, 3.63) is 0 Å². The molecule has 0 saturated heterocycles. The van der Waals surface area contributed by atoms with Crippen LogP contribution in [0.15, 0.2) is 0 Å². The highest BCUT2D eigenvalue weighted by molar-refractivity contribution is 7.47. The Labute approximate surface area is 556 Å². The first-order valence-corrected chi connectivity index (χ1v) is 40.3. The van der Waals surface area contributed by atoms with Gasteiger partial charge in [0, 0.05) is 25.7 Å². The highest BCUT2D eigenvalue weighted by atomic mass is 31.2. The Hall–Kier alpha value is -1.94. The molecule has 540 valence electrons. The summed E-state index contributed by atoms with van der Waals surface area (Å²) in [5.74, 6) is -0.00211. The van der Waals surface area contributed by atoms with Gasteiger partial charge < -0.3 is 33.8 Å². The van der Waals surface area contributed by atoms with Gasteiger partial charge in [-0.05, 0) is 43.4 Å². The molecule has 0 bridgehead atoms. The van der Waals surface area contributed by atoms with Crippen LogP contribution in [0, 0.1) is 17.8 Å². The third kappa shape index (κ3) is 66.5. The van der Waals surface area contributed by atoms with E-state index in [0.717, 1.165) is 102 Å². The third-order valence-electron chi connectivity index (χ3n) is 16.6. The van der Waals surface area contributed by atoms with E-state index in [1.807, 2.05) is 0 Å². The smallest absolute Gasteiger partial charge is 0.462 e. The molecular weight excluding hydrogens is 1200 g/mol. The number of rotatable bonds is 70. The second kappa shape index (κ2) is 62.8. The van der Waals surface area contributed by atoms with Crippen LogP contribution in [0.1, 0.15) is 363 Å². The largest absolute Gasteiger partial charge is 0.472 e. The summed E-state index contributed by atoms with van der Waals surface area (Å²) < 4.78 is 68.3. The van der Waals surface area contributed by atoms with E-state index in [1.165, 1.54) is 167 Å². The molecule has 0 aliphatic heterocycles. The standard InChI is InChI=1S/C72H140O17P2/c1-8-9-10-11-12-13-14-15-16-17-18-19-20-21-22-23-24-33-41-48-55-71(76)88-67(59-82-69(74)53-46-39-32-26-25-29-36-43-50-63(2)3)61-86-90(78,79)84-57-66(73)58-85-91(80,81)87-62-68(89-72(77)56-49-42-35-28-31-38-45-52-65(6)7)60-83-70(75)54-47-40-34-27-30-37-44-51-64(4)5/h63-68,73H,8-62H2,1-7H3,(H,78,79)(H,80,81)/t66-,67-,68-/m1/s1. The summed E-state index contributed by atoms with van der Waals surface area (Å²) in [7, 11) is -9.90. The molecule has 0 amide bonds. The van der Waals surface area contributed by atoms with Crippen molar-refractivity contribution in [1.29, 1.82) is 0 Å². The van der Waals surface area contributed by atoms with Crippen LogP contribution < -0.4 is 0 Å². The molecule has 0 spiro atoms. The Kier molecular flexibility index (Phi) is 61.5. The lowest BCUT2D eigenvalue weighted by molar-refractivity contribution is -0.161. The fraction of sp³-hybridized carbons (Fsp3) is 0.944. The molecule has 0 aromatic carbocycles. The fourth-order valence-corrected chi connectivity index (χ4v) is 12.5. The maximum absolute atomic E-state index is 13.0. The van der Waals surface area contributed by atoms with Crippen LogP contribution in [0.3, 0.4) is 0 Å². The van der Waals surface area contributed by atoms with Crippen molar-refractivity contribution in [3.8, 4) is 0 Å². The molecule has 0 saturated carbocycles. The molecule has 5 atom stereocenters. The molecule has 0 aliphatic carbocycles. The van der Waals surface area contributed by atoms with Gasteiger partial charge in [0.2, 0.25) is 0 Å². The maximum atomic E-state index is 13.0. The number of phosphoric ester groups is 2. The number of ether oxygens (including phenoxy) is 4. The maximum Gasteiger partial charge on any atom is 0.472 e. The number of hydrogen-bond donors (Lipinski definition) is 3. The number of phosphoric acid groups is 2. The lowest BCUT2D eigenvalue weighted by Crippen LogP contribution is -2.30. The molecule has 0 fully saturated rings. The van der Waals surface area contributed by atoms with Crippen molar-refractivity contribution in [2.75, 3.05) is 39.6 Å². The number of esters is 4. The molecule has 19 heteroatoms. The van der Waals surface area contributed by atoms with Crippen molar-refractivity contribution in [2.45, 2.75) is 381 Å². The Morgan fingerprint density at radius 1 is 0.297 bits per heavy atom. The van der Waals surface area contributed by atoms with E-state index in [0.29, 0.717) is 37.5 Å². The van der Waals surface area contributed by atoms with Crippen molar-refractivity contribution in [2.24, 2.45) is 17.8 Å². The predicted molar refractivity (Wildman–Crippen MR) is 368 cm³/mol. The van der Waals surface area contributed by atoms with Crippen molar-refractivity contribution in [3.63, 3.8) is 0 Å². The Morgan fingerprint density at radius 2 is 0.505 bits per heavy atom. The Bertz CT molecular complexity index is 1780. The Morgan fingerprint density at radius 3 is 0.747 bits per heavy atom. The molecule has 0 aromatic heterocycles. The minimum Gasteiger partial charge on any atom is -0.462 e. The predicted octanol–water partition coefficient (Wildman–Crippen LogP) is 20.6. The SMILES string of the molecule is CCCCCCCCCCCCCCCCCCCCCCC(=O)O[C@H](COC(=O)CCCCCCCCCCC(C)C)COP(=O)(O)OC[C@@H](O)COP(=O)(O)OC[C@@H](COC(=O)CCCCCCCCCC(C)C)OC(=O)CCCCCCCCCC(C)C. The summed E-state index contributed by atoms with van der Waals surface area (Å²) in [5.41, 5.74) is 0. The monoisotopic (exact) mass is 1340 g/mol. The zero-order chi connectivity index (χ0) is 67.3. The topological polar surface area (TPSA) is 237 Å². The van der Waals surface area contributed by atoms with Gasteiger partial charge in [0.15, 0.2) is 12.2 Å². The van der Waals surface area contributed by atoms with Gasteiger partial charge in [0.1, 0.15) is 19.3 Å². The first kappa shape index (κ1) is 89.1. The summed E-state index contributed by atoms with van der Waals surface area (Å²) in [6.07, 6.45) is 47.6. The van der Waals surface area contributed by atoms with Gasteiger partial charge in [0.05, 0.1) is 26.4 Å². The normalized spacial score (nSPS) is 14.2. The number of aliphatic hydroxyl groups is 1. The summed E-state index contributed by atoms with van der Waals surface area (Å²) in [4.78, 5) is 72.5. The van der Waals surface area contributed by atoms with Crippen LogP contribution in [0.5, 0.6) is 0 Å². The zero-order valence-corrected chi connectivity index (χ0v) is 61.1. The van der Waals surface area contributed by atoms with Crippen LogP contribution in [0.25, 0.3) is 0 Å². The average molecular weight is 1340 g/mol. The molecule has 2 unspecified atom stereocenters. The number of carbonyl (C=O) groups is 4. The molecular formula is C72H140O17P2. The molecule has 91 heavy (non-hydrogen) atoms. The molecule has 17 nitrogen and oxygen atoms in total. The second-order valence-electron chi connectivity index (χ2n) is 27.4. The van der Waals surface area contributed by atoms with E-state index in [4.69, 9.17) is 37.0 Å². The lowest BCUT2D eigenvalue weighted by atomic mass is 10.0. The number of unbranched alkanes of at least 4 members (excludes halogenated alkanes) is 38. The van der Waals surface area contributed by atoms with E-state index >= 15 is 0 Å². The number of hydrogen-bond acceptors (Lipinski definition) is 15. The van der Waals surface area contributed by atoms with Crippen LogP contribution in [0.2, 0.25) is 0 Å². The van der Waals surface area contributed by atoms with Crippen LogP contribution in [-0.4, -0.2) is 96.7 Å². The van der Waals surface area contributed by atoms with E-state index in [2.05, 4.69) is 48.5 Å². The molecule has 3 N–H and O–H groups in total. The molecule has 0 radical (unpaired) electrons. The van der Waals surface area contributed by atoms with Crippen molar-refractivity contribution in [1.82, 2.24) is 0 Å². The minimum atomic E-state index is -4.95. The average Bonchev–Trinajstić information content (AvgIpc) is 3.32. The van der Waals surface area contributed by atoms with E-state index in [1.54, 1.807) is 0 Å². The first-order valence-electron chi connectivity index (χ1n) is 37.3. The van der Waals surface area contributed by atoms with E-state index in [-0.39, 0.29) is 25.7 Å².